The largest absolute Gasteiger partial charge is 0.314 e. The monoisotopic (exact) mass is 272 g/mol. The topological polar surface area (TPSA) is 105 Å². The molecule has 1 aliphatic heterocycles. The van der Waals surface area contributed by atoms with Crippen LogP contribution in [0.3, 0.4) is 0 Å². The molecule has 1 aromatic heterocycles. The third-order valence-corrected chi connectivity index (χ3v) is 4.46. The molecule has 1 N–H and O–H groups in total. The lowest BCUT2D eigenvalue weighted by atomic mass is 10.4. The van der Waals surface area contributed by atoms with Crippen LogP contribution in [0.1, 0.15) is 0 Å². The van der Waals surface area contributed by atoms with Crippen molar-refractivity contribution in [3.05, 3.63) is 28.4 Å². The minimum atomic E-state index is -3.90. The van der Waals surface area contributed by atoms with Crippen molar-refractivity contribution < 1.29 is 13.3 Å². The van der Waals surface area contributed by atoms with E-state index in [-0.39, 0.29) is 13.1 Å². The maximum Gasteiger partial charge on any atom is 0.308 e. The Morgan fingerprint density at radius 1 is 1.39 bits per heavy atom. The Hall–Kier alpha value is -1.58. The van der Waals surface area contributed by atoms with E-state index in [4.69, 9.17) is 0 Å². The van der Waals surface area contributed by atoms with E-state index in [0.29, 0.717) is 13.1 Å². The number of sulfonamides is 1. The lowest BCUT2D eigenvalue weighted by Gasteiger charge is -2.25. The van der Waals surface area contributed by atoms with Gasteiger partial charge in [0.05, 0.1) is 4.92 Å². The first-order valence-corrected chi connectivity index (χ1v) is 6.78. The number of nitrogens with one attached hydrogen (secondary N) is 1. The molecule has 0 bridgehead atoms. The van der Waals surface area contributed by atoms with E-state index in [1.807, 2.05) is 0 Å². The zero-order valence-corrected chi connectivity index (χ0v) is 10.3. The highest BCUT2D eigenvalue weighted by Crippen LogP contribution is 2.23. The fraction of sp³-hybridized carbons (Fsp3) is 0.444. The Morgan fingerprint density at radius 3 is 2.67 bits per heavy atom. The molecular weight excluding hydrogens is 260 g/mol. The molecule has 0 radical (unpaired) electrons. The van der Waals surface area contributed by atoms with Gasteiger partial charge >= 0.3 is 5.69 Å². The molecule has 1 aromatic rings. The highest BCUT2D eigenvalue weighted by Gasteiger charge is 2.33. The number of nitrogens with zero attached hydrogens (tertiary/aromatic N) is 3. The summed E-state index contributed by atoms with van der Waals surface area (Å²) in [5.41, 5.74) is -0.490. The Kier molecular flexibility index (Phi) is 3.55. The van der Waals surface area contributed by atoms with Crippen LogP contribution in [0.25, 0.3) is 0 Å². The van der Waals surface area contributed by atoms with E-state index in [2.05, 4.69) is 10.3 Å². The lowest BCUT2D eigenvalue weighted by Crippen LogP contribution is -2.46. The fourth-order valence-corrected chi connectivity index (χ4v) is 3.24. The van der Waals surface area contributed by atoms with Crippen LogP contribution >= 0.6 is 0 Å². The van der Waals surface area contributed by atoms with E-state index in [1.165, 1.54) is 16.6 Å². The van der Waals surface area contributed by atoms with Crippen molar-refractivity contribution in [1.82, 2.24) is 14.6 Å². The lowest BCUT2D eigenvalue weighted by molar-refractivity contribution is -0.388. The van der Waals surface area contributed by atoms with Crippen molar-refractivity contribution >= 4 is 15.7 Å². The molecule has 0 amide bonds. The van der Waals surface area contributed by atoms with Gasteiger partial charge in [-0.15, -0.1) is 0 Å². The zero-order valence-electron chi connectivity index (χ0n) is 9.44. The molecule has 9 heteroatoms. The van der Waals surface area contributed by atoms with Crippen molar-refractivity contribution in [2.75, 3.05) is 26.2 Å². The Bertz CT molecular complexity index is 553. The molecule has 2 rings (SSSR count). The van der Waals surface area contributed by atoms with Gasteiger partial charge in [0.2, 0.25) is 5.03 Å². The summed E-state index contributed by atoms with van der Waals surface area (Å²) >= 11 is 0. The van der Waals surface area contributed by atoms with Gasteiger partial charge in [0, 0.05) is 38.4 Å². The van der Waals surface area contributed by atoms with Gasteiger partial charge in [0.15, 0.2) is 0 Å². The highest BCUT2D eigenvalue weighted by molar-refractivity contribution is 7.89. The average molecular weight is 272 g/mol. The average Bonchev–Trinajstić information content (AvgIpc) is 2.39. The van der Waals surface area contributed by atoms with E-state index in [0.717, 1.165) is 6.07 Å². The summed E-state index contributed by atoms with van der Waals surface area (Å²) in [4.78, 5) is 13.7. The molecule has 8 nitrogen and oxygen atoms in total. The predicted molar refractivity (Wildman–Crippen MR) is 62.5 cm³/mol. The van der Waals surface area contributed by atoms with Gasteiger partial charge in [-0.3, -0.25) is 10.1 Å². The molecule has 0 aliphatic carbocycles. The SMILES string of the molecule is O=[N+]([O-])c1cccnc1S(=O)(=O)N1CCNCC1. The zero-order chi connectivity index (χ0) is 13.2. The molecule has 98 valence electrons. The Morgan fingerprint density at radius 2 is 2.06 bits per heavy atom. The summed E-state index contributed by atoms with van der Waals surface area (Å²) < 4.78 is 25.7. The molecule has 0 aromatic carbocycles. The highest BCUT2D eigenvalue weighted by atomic mass is 32.2. The maximum absolute atomic E-state index is 12.2. The first-order valence-electron chi connectivity index (χ1n) is 5.34. The van der Waals surface area contributed by atoms with E-state index in [1.54, 1.807) is 0 Å². The molecular formula is C9H12N4O4S. The molecule has 18 heavy (non-hydrogen) atoms. The second kappa shape index (κ2) is 4.96. The number of hydrogen-bond acceptors (Lipinski definition) is 6. The van der Waals surface area contributed by atoms with Crippen molar-refractivity contribution in [3.63, 3.8) is 0 Å². The summed E-state index contributed by atoms with van der Waals surface area (Å²) in [5, 5.41) is 13.3. The van der Waals surface area contributed by atoms with Gasteiger partial charge in [-0.05, 0) is 6.07 Å². The van der Waals surface area contributed by atoms with Gasteiger partial charge in [0.25, 0.3) is 10.0 Å². The third kappa shape index (κ3) is 2.33. The smallest absolute Gasteiger partial charge is 0.308 e. The van der Waals surface area contributed by atoms with E-state index < -0.39 is 25.7 Å². The molecule has 1 saturated heterocycles. The third-order valence-electron chi connectivity index (χ3n) is 2.61. The molecule has 1 fully saturated rings. The van der Waals surface area contributed by atoms with Crippen LogP contribution in [-0.2, 0) is 10.0 Å². The first kappa shape index (κ1) is 12.9. The minimum absolute atomic E-state index is 0.288. The van der Waals surface area contributed by atoms with Crippen LogP contribution in [0.4, 0.5) is 5.69 Å². The van der Waals surface area contributed by atoms with Crippen molar-refractivity contribution in [1.29, 1.82) is 0 Å². The number of pyridine rings is 1. The number of rotatable bonds is 3. The predicted octanol–water partition coefficient (Wildman–Crippen LogP) is -0.416. The van der Waals surface area contributed by atoms with Crippen LogP contribution in [-0.4, -0.2) is 48.8 Å². The molecule has 0 unspecified atom stereocenters. The number of hydrogen-bond donors (Lipinski definition) is 1. The maximum atomic E-state index is 12.2. The van der Waals surface area contributed by atoms with Crippen molar-refractivity contribution in [2.45, 2.75) is 5.03 Å². The quantitative estimate of drug-likeness (QED) is 0.592. The van der Waals surface area contributed by atoms with Crippen LogP contribution in [0.2, 0.25) is 0 Å². The molecule has 0 spiro atoms. The van der Waals surface area contributed by atoms with Gasteiger partial charge in [-0.2, -0.15) is 4.31 Å². The number of nitro groups is 1. The Labute approximate surface area is 104 Å². The Balaban J connectivity index is 2.43. The molecule has 1 aliphatic rings. The summed E-state index contributed by atoms with van der Waals surface area (Å²) in [7, 11) is -3.90. The molecule has 0 saturated carbocycles. The van der Waals surface area contributed by atoms with Crippen molar-refractivity contribution in [3.8, 4) is 0 Å². The van der Waals surface area contributed by atoms with Gasteiger partial charge in [0.1, 0.15) is 0 Å². The number of aromatic nitrogens is 1. The number of piperazine rings is 1. The normalized spacial score (nSPS) is 17.6. The van der Waals surface area contributed by atoms with Gasteiger partial charge in [-0.1, -0.05) is 0 Å². The van der Waals surface area contributed by atoms with E-state index >= 15 is 0 Å². The summed E-state index contributed by atoms with van der Waals surface area (Å²) in [5.74, 6) is 0. The minimum Gasteiger partial charge on any atom is -0.314 e. The second-order valence-electron chi connectivity index (χ2n) is 3.74. The van der Waals surface area contributed by atoms with Crippen LogP contribution in [0, 0.1) is 10.1 Å². The van der Waals surface area contributed by atoms with E-state index in [9.17, 15) is 18.5 Å². The van der Waals surface area contributed by atoms with Gasteiger partial charge < -0.3 is 5.32 Å². The van der Waals surface area contributed by atoms with Crippen LogP contribution < -0.4 is 5.32 Å². The van der Waals surface area contributed by atoms with Gasteiger partial charge in [-0.25, -0.2) is 13.4 Å². The summed E-state index contributed by atoms with van der Waals surface area (Å²) in [6.45, 7) is 1.63. The summed E-state index contributed by atoms with van der Waals surface area (Å²) in [6, 6.07) is 2.48. The van der Waals surface area contributed by atoms with Crippen LogP contribution in [0.5, 0.6) is 0 Å². The summed E-state index contributed by atoms with van der Waals surface area (Å²) in [6.07, 6.45) is 1.24. The molecule has 2 heterocycles. The first-order chi connectivity index (χ1) is 8.53. The molecule has 0 atom stereocenters. The van der Waals surface area contributed by atoms with Crippen LogP contribution in [0.15, 0.2) is 23.4 Å². The fourth-order valence-electron chi connectivity index (χ4n) is 1.73. The standard InChI is InChI=1S/C9H12N4O4S/c14-13(15)8-2-1-3-11-9(8)18(16,17)12-6-4-10-5-7-12/h1-3,10H,4-7H2. The second-order valence-corrected chi connectivity index (χ2v) is 5.59. The van der Waals surface area contributed by atoms with Crippen molar-refractivity contribution in [2.24, 2.45) is 0 Å².